The van der Waals surface area contributed by atoms with Gasteiger partial charge >= 0.3 is 29.1 Å². The monoisotopic (exact) mass is 708 g/mol. The van der Waals surface area contributed by atoms with Crippen LogP contribution in [0.25, 0.3) is 0 Å². The third-order valence-electron chi connectivity index (χ3n) is 4.63. The molecule has 0 spiro atoms. The molecule has 9 nitrogen and oxygen atoms in total. The Kier molecular flexibility index (Phi) is 44.0. The van der Waals surface area contributed by atoms with Crippen molar-refractivity contribution in [3.05, 3.63) is 24.3 Å². The van der Waals surface area contributed by atoms with Crippen molar-refractivity contribution in [1.29, 1.82) is 0 Å². The lowest BCUT2D eigenvalue weighted by Crippen LogP contribution is -2.59. The van der Waals surface area contributed by atoms with Crippen molar-refractivity contribution in [2.45, 2.75) is 132 Å². The highest BCUT2D eigenvalue weighted by Gasteiger charge is 2.46. The van der Waals surface area contributed by atoms with E-state index in [1.54, 1.807) is 21.0 Å². The highest BCUT2D eigenvalue weighted by molar-refractivity contribution is 6.89. The van der Waals surface area contributed by atoms with Crippen LogP contribution in [0.2, 0.25) is 51.9 Å². The molecule has 0 aromatic rings. The first-order chi connectivity index (χ1) is 16.3. The molecule has 44 heavy (non-hydrogen) atoms. The minimum Gasteiger partial charge on any atom is -0.463 e. The molecule has 0 aliphatic rings. The SMILES string of the molecule is C.C.C.C.C.C.C.C.C=C(C)C(=O)OC[Si](C)(C)O[Si](C)(C)O[Si](C)(CCCOCCOC)O[Si](C)(C)COC(=O)C(=C)C. The van der Waals surface area contributed by atoms with Gasteiger partial charge in [0.05, 0.1) is 13.2 Å². The zero-order valence-electron chi connectivity index (χ0n) is 24.0. The summed E-state index contributed by atoms with van der Waals surface area (Å²) in [4.78, 5) is 23.8. The Morgan fingerprint density at radius 2 is 0.977 bits per heavy atom. The summed E-state index contributed by atoms with van der Waals surface area (Å²) in [7, 11) is -8.66. The Hall–Kier alpha value is -0.912. The fourth-order valence-corrected chi connectivity index (χ4v) is 21.7. The zero-order valence-corrected chi connectivity index (χ0v) is 28.0. The fourth-order valence-electron chi connectivity index (χ4n) is 3.44. The average Bonchev–Trinajstić information content (AvgIpc) is 2.70. The largest absolute Gasteiger partial charge is 0.463 e. The zero-order chi connectivity index (χ0) is 28.2. The molecule has 0 bridgehead atoms. The molecule has 1 atom stereocenters. The molecule has 0 aliphatic carbocycles. The smallest absolute Gasteiger partial charge is 0.332 e. The molecule has 1 unspecified atom stereocenters. The first kappa shape index (κ1) is 65.7. The van der Waals surface area contributed by atoms with Crippen LogP contribution in [-0.4, -0.2) is 85.1 Å². The van der Waals surface area contributed by atoms with E-state index in [2.05, 4.69) is 13.2 Å². The number of hydrogen-bond acceptors (Lipinski definition) is 9. The van der Waals surface area contributed by atoms with Gasteiger partial charge in [-0.2, -0.15) is 0 Å². The molecule has 0 amide bonds. The van der Waals surface area contributed by atoms with Gasteiger partial charge in [0.15, 0.2) is 0 Å². The molecule has 0 N–H and O–H groups in total. The van der Waals surface area contributed by atoms with E-state index >= 15 is 0 Å². The Balaban J connectivity index is -0.000000219. The molecule has 0 radical (unpaired) electrons. The van der Waals surface area contributed by atoms with Crippen LogP contribution < -0.4 is 0 Å². The Morgan fingerprint density at radius 1 is 0.591 bits per heavy atom. The number of ether oxygens (including phenoxy) is 4. The third-order valence-corrected chi connectivity index (χ3v) is 19.4. The van der Waals surface area contributed by atoms with Gasteiger partial charge in [-0.05, 0) is 72.1 Å². The molecule has 0 fully saturated rings. The van der Waals surface area contributed by atoms with Crippen LogP contribution in [0.15, 0.2) is 24.3 Å². The maximum absolute atomic E-state index is 11.9. The van der Waals surface area contributed by atoms with Gasteiger partial charge in [-0.25, -0.2) is 9.59 Å². The lowest BCUT2D eigenvalue weighted by atomic mass is 10.4. The number of carbonyl (C=O) groups is 2. The second kappa shape index (κ2) is 29.5. The van der Waals surface area contributed by atoms with Crippen molar-refractivity contribution in [3.8, 4) is 0 Å². The molecule has 0 aromatic carbocycles. The van der Waals surface area contributed by atoms with Gasteiger partial charge in [0, 0.05) is 24.9 Å². The highest BCUT2D eigenvalue weighted by Crippen LogP contribution is 2.28. The predicted octanol–water partition coefficient (Wildman–Crippen LogP) is 9.68. The number of carbonyl (C=O) groups excluding carboxylic acids is 2. The normalized spacial score (nSPS) is 11.6. The minimum atomic E-state index is -2.78. The van der Waals surface area contributed by atoms with Gasteiger partial charge in [0.1, 0.15) is 12.5 Å². The maximum Gasteiger partial charge on any atom is 0.332 e. The highest BCUT2D eigenvalue weighted by atomic mass is 28.5. The first-order valence-electron chi connectivity index (χ1n) is 12.2. The Bertz CT molecular complexity index is 760. The van der Waals surface area contributed by atoms with Gasteiger partial charge in [-0.15, -0.1) is 0 Å². The summed E-state index contributed by atoms with van der Waals surface area (Å²) in [5.74, 6) is -0.849. The van der Waals surface area contributed by atoms with Crippen LogP contribution in [0, 0.1) is 0 Å². The van der Waals surface area contributed by atoms with Crippen molar-refractivity contribution in [1.82, 2.24) is 0 Å². The summed E-state index contributed by atoms with van der Waals surface area (Å²) in [5.41, 5.74) is 0.707. The second-order valence-electron chi connectivity index (χ2n) is 10.8. The fraction of sp³-hybridized carbons (Fsp3) is 0.806. The molecule has 13 heteroatoms. The van der Waals surface area contributed by atoms with E-state index in [0.717, 1.165) is 6.42 Å². The molecular formula is C31H80O9Si4. The molecule has 0 rings (SSSR count). The van der Waals surface area contributed by atoms with Crippen LogP contribution >= 0.6 is 0 Å². The van der Waals surface area contributed by atoms with Crippen LogP contribution in [0.1, 0.15) is 79.7 Å². The van der Waals surface area contributed by atoms with E-state index in [1.807, 2.05) is 45.8 Å². The second-order valence-corrected chi connectivity index (χ2v) is 26.4. The molecule has 0 aromatic heterocycles. The number of esters is 2. The molecule has 0 saturated heterocycles. The molecule has 274 valence electrons. The van der Waals surface area contributed by atoms with Crippen LogP contribution in [0.5, 0.6) is 0 Å². The van der Waals surface area contributed by atoms with Crippen molar-refractivity contribution in [2.24, 2.45) is 0 Å². The number of methoxy groups -OCH3 is 1. The number of rotatable bonds is 19. The number of hydrogen-bond donors (Lipinski definition) is 0. The van der Waals surface area contributed by atoms with E-state index in [4.69, 9.17) is 31.3 Å². The third kappa shape index (κ3) is 31.1. The van der Waals surface area contributed by atoms with E-state index in [9.17, 15) is 9.59 Å². The van der Waals surface area contributed by atoms with Gasteiger partial charge < -0.3 is 31.3 Å². The quantitative estimate of drug-likeness (QED) is 0.0562. The predicted molar refractivity (Wildman–Crippen MR) is 205 cm³/mol. The summed E-state index contributed by atoms with van der Waals surface area (Å²) in [6.07, 6.45) is 1.17. The first-order valence-corrected chi connectivity index (χ1v) is 23.7. The minimum absolute atomic E-state index is 0. The molecular weight excluding hydrogens is 629 g/mol. The Labute approximate surface area is 281 Å². The lowest BCUT2D eigenvalue weighted by molar-refractivity contribution is -0.138. The lowest BCUT2D eigenvalue weighted by Gasteiger charge is -2.42. The summed E-state index contributed by atoms with van der Waals surface area (Å²) < 4.78 is 41.4. The molecule has 0 aliphatic heterocycles. The van der Waals surface area contributed by atoms with Gasteiger partial charge in [-0.3, -0.25) is 0 Å². The van der Waals surface area contributed by atoms with Gasteiger partial charge in [-0.1, -0.05) is 72.6 Å². The van der Waals surface area contributed by atoms with E-state index in [1.165, 1.54) is 0 Å². The summed E-state index contributed by atoms with van der Waals surface area (Å²) >= 11 is 0. The van der Waals surface area contributed by atoms with E-state index in [0.29, 0.717) is 37.0 Å². The van der Waals surface area contributed by atoms with E-state index in [-0.39, 0.29) is 71.9 Å². The summed E-state index contributed by atoms with van der Waals surface area (Å²) in [6.45, 7) is 26.1. The van der Waals surface area contributed by atoms with Crippen LogP contribution in [-0.2, 0) is 40.9 Å². The summed E-state index contributed by atoms with van der Waals surface area (Å²) in [6, 6.07) is 0.692. The molecule has 0 saturated carbocycles. The topological polar surface area (TPSA) is 98.8 Å². The Morgan fingerprint density at radius 3 is 1.34 bits per heavy atom. The van der Waals surface area contributed by atoms with Crippen LogP contribution in [0.4, 0.5) is 0 Å². The summed E-state index contributed by atoms with van der Waals surface area (Å²) in [5, 5.41) is 0. The molecule has 0 heterocycles. The van der Waals surface area contributed by atoms with Crippen LogP contribution in [0.3, 0.4) is 0 Å². The average molecular weight is 709 g/mol. The standard InChI is InChI=1S/C23H48O9Si4.8CH4/c1-20(2)22(24)28-18-33(6,7)30-35(10,11)32-36(12,17-13-14-27-16-15-26-5)31-34(8,9)19-29-23(25)21(3)4;;;;;;;;/h1,3,13-19H2,2,4-12H3;8*1H4. The van der Waals surface area contributed by atoms with Crippen molar-refractivity contribution >= 4 is 45.7 Å². The van der Waals surface area contributed by atoms with Crippen molar-refractivity contribution in [2.75, 3.05) is 39.4 Å². The van der Waals surface area contributed by atoms with Crippen molar-refractivity contribution < 1.29 is 40.9 Å². The maximum atomic E-state index is 11.9. The van der Waals surface area contributed by atoms with E-state index < -0.39 is 45.7 Å². The van der Waals surface area contributed by atoms with Gasteiger partial charge in [0.2, 0.25) is 16.6 Å². The van der Waals surface area contributed by atoms with Crippen molar-refractivity contribution in [3.63, 3.8) is 0 Å². The van der Waals surface area contributed by atoms with Gasteiger partial charge in [0.25, 0.3) is 0 Å².